The fourth-order valence-electron chi connectivity index (χ4n) is 1.54. The van der Waals surface area contributed by atoms with Crippen LogP contribution in [0.5, 0.6) is 5.75 Å². The van der Waals surface area contributed by atoms with Gasteiger partial charge in [0.05, 0.1) is 0 Å². The number of amides is 2. The van der Waals surface area contributed by atoms with Gasteiger partial charge < -0.3 is 15.0 Å². The number of aryl methyl sites for hydroxylation is 1. The Morgan fingerprint density at radius 1 is 1.40 bits per heavy atom. The quantitative estimate of drug-likeness (QED) is 0.903. The molecule has 1 atom stereocenters. The Bertz CT molecular complexity index is 503. The van der Waals surface area contributed by atoms with Crippen LogP contribution in [0, 0.1) is 6.92 Å². The third-order valence-corrected chi connectivity index (χ3v) is 3.43. The zero-order valence-corrected chi connectivity index (χ0v) is 12.4. The lowest BCUT2D eigenvalue weighted by molar-refractivity contribution is -0.130. The Morgan fingerprint density at radius 3 is 2.50 bits per heavy atom. The summed E-state index contributed by atoms with van der Waals surface area (Å²) in [5.74, 6) is -1.08. The van der Waals surface area contributed by atoms with Crippen molar-refractivity contribution in [2.75, 3.05) is 14.1 Å². The van der Waals surface area contributed by atoms with Gasteiger partial charge in [0.25, 0.3) is 5.91 Å². The van der Waals surface area contributed by atoms with E-state index >= 15 is 0 Å². The summed E-state index contributed by atoms with van der Waals surface area (Å²) in [5, 5.41) is 2.46. The Labute approximate surface area is 119 Å². The maximum atomic E-state index is 12.3. The third kappa shape index (κ3) is 4.16. The van der Waals surface area contributed by atoms with E-state index in [2.05, 4.69) is 10.1 Å². The summed E-state index contributed by atoms with van der Waals surface area (Å²) < 4.78 is 28.8. The zero-order chi connectivity index (χ0) is 15.4. The molecule has 1 rings (SSSR count). The number of alkyl halides is 2. The zero-order valence-electron chi connectivity index (χ0n) is 11.6. The van der Waals surface area contributed by atoms with Crippen molar-refractivity contribution < 1.29 is 23.1 Å². The molecule has 0 saturated carbocycles. The molecule has 1 aromatic heterocycles. The molecule has 20 heavy (non-hydrogen) atoms. The van der Waals surface area contributed by atoms with E-state index in [-0.39, 0.29) is 16.5 Å². The molecule has 0 spiro atoms. The van der Waals surface area contributed by atoms with Gasteiger partial charge in [-0.3, -0.25) is 9.59 Å². The van der Waals surface area contributed by atoms with Crippen LogP contribution in [0.4, 0.5) is 8.78 Å². The van der Waals surface area contributed by atoms with Gasteiger partial charge in [-0.15, -0.1) is 11.3 Å². The molecule has 112 valence electrons. The normalized spacial score (nSPS) is 12.2. The molecule has 0 aliphatic rings. The van der Waals surface area contributed by atoms with Crippen molar-refractivity contribution in [3.63, 3.8) is 0 Å². The minimum Gasteiger partial charge on any atom is -0.433 e. The van der Waals surface area contributed by atoms with Gasteiger partial charge in [-0.25, -0.2) is 0 Å². The van der Waals surface area contributed by atoms with E-state index < -0.39 is 18.6 Å². The summed E-state index contributed by atoms with van der Waals surface area (Å²) in [5.41, 5.74) is 0. The number of rotatable bonds is 5. The Balaban J connectivity index is 2.84. The van der Waals surface area contributed by atoms with Gasteiger partial charge in [-0.05, 0) is 19.9 Å². The van der Waals surface area contributed by atoms with Crippen molar-refractivity contribution in [3.8, 4) is 5.75 Å². The number of hydrogen-bond acceptors (Lipinski definition) is 4. The molecule has 1 aromatic rings. The average Bonchev–Trinajstić information content (AvgIpc) is 2.67. The Kier molecular flexibility index (Phi) is 5.43. The van der Waals surface area contributed by atoms with Crippen LogP contribution >= 0.6 is 11.3 Å². The topological polar surface area (TPSA) is 58.6 Å². The van der Waals surface area contributed by atoms with Crippen molar-refractivity contribution in [2.24, 2.45) is 0 Å². The maximum absolute atomic E-state index is 12.3. The van der Waals surface area contributed by atoms with Crippen LogP contribution in [0.15, 0.2) is 6.07 Å². The monoisotopic (exact) mass is 306 g/mol. The number of carbonyl (C=O) groups excluding carboxylic acids is 2. The van der Waals surface area contributed by atoms with Crippen LogP contribution in [-0.4, -0.2) is 43.5 Å². The maximum Gasteiger partial charge on any atom is 0.387 e. The standard InChI is InChI=1S/C12H16F2N2O3S/c1-6-5-8(19-12(13)14)9(20-6)10(17)15-7(2)11(18)16(3)4/h5,7,12H,1-4H3,(H,15,17)/t7-/m1/s1. The second-order valence-corrected chi connectivity index (χ2v) is 5.61. The van der Waals surface area contributed by atoms with Gasteiger partial charge in [0.1, 0.15) is 16.7 Å². The number of hydrogen-bond donors (Lipinski definition) is 1. The highest BCUT2D eigenvalue weighted by Crippen LogP contribution is 2.30. The molecule has 0 bridgehead atoms. The molecule has 1 N–H and O–H groups in total. The van der Waals surface area contributed by atoms with Gasteiger partial charge in [-0.1, -0.05) is 0 Å². The second kappa shape index (κ2) is 6.65. The Morgan fingerprint density at radius 2 is 2.00 bits per heavy atom. The van der Waals surface area contributed by atoms with E-state index in [0.29, 0.717) is 4.88 Å². The predicted molar refractivity (Wildman–Crippen MR) is 71.3 cm³/mol. The number of ether oxygens (including phenoxy) is 1. The van der Waals surface area contributed by atoms with E-state index in [1.54, 1.807) is 21.0 Å². The number of carbonyl (C=O) groups is 2. The van der Waals surface area contributed by atoms with Crippen LogP contribution in [0.2, 0.25) is 0 Å². The summed E-state index contributed by atoms with van der Waals surface area (Å²) >= 11 is 1.03. The lowest BCUT2D eigenvalue weighted by Gasteiger charge is -2.17. The van der Waals surface area contributed by atoms with Gasteiger partial charge in [-0.2, -0.15) is 8.78 Å². The highest BCUT2D eigenvalue weighted by Gasteiger charge is 2.23. The van der Waals surface area contributed by atoms with Crippen molar-refractivity contribution in [1.82, 2.24) is 10.2 Å². The van der Waals surface area contributed by atoms with E-state index in [0.717, 1.165) is 11.3 Å². The molecule has 5 nitrogen and oxygen atoms in total. The first kappa shape index (κ1) is 16.4. The summed E-state index contributed by atoms with van der Waals surface area (Å²) in [7, 11) is 3.12. The molecule has 8 heteroatoms. The number of halogens is 2. The van der Waals surface area contributed by atoms with Crippen molar-refractivity contribution in [1.29, 1.82) is 0 Å². The summed E-state index contributed by atoms with van der Waals surface area (Å²) in [4.78, 5) is 25.7. The molecule has 0 aromatic carbocycles. The summed E-state index contributed by atoms with van der Waals surface area (Å²) in [6, 6.07) is 0.615. The number of thiophene rings is 1. The molecular weight excluding hydrogens is 290 g/mol. The lowest BCUT2D eigenvalue weighted by atomic mass is 10.3. The summed E-state index contributed by atoms with van der Waals surface area (Å²) in [6.45, 7) is 0.194. The number of nitrogens with zero attached hydrogens (tertiary/aromatic N) is 1. The van der Waals surface area contributed by atoms with E-state index in [4.69, 9.17) is 0 Å². The van der Waals surface area contributed by atoms with Gasteiger partial charge >= 0.3 is 6.61 Å². The third-order valence-electron chi connectivity index (χ3n) is 2.40. The first-order valence-electron chi connectivity index (χ1n) is 5.79. The van der Waals surface area contributed by atoms with Crippen LogP contribution in [0.1, 0.15) is 21.5 Å². The van der Waals surface area contributed by atoms with Crippen molar-refractivity contribution in [2.45, 2.75) is 26.5 Å². The first-order chi connectivity index (χ1) is 9.22. The minimum absolute atomic E-state index is 0.0289. The molecule has 0 radical (unpaired) electrons. The van der Waals surface area contributed by atoms with E-state index in [1.165, 1.54) is 17.9 Å². The Hall–Kier alpha value is -1.70. The van der Waals surface area contributed by atoms with E-state index in [9.17, 15) is 18.4 Å². The van der Waals surface area contributed by atoms with Crippen LogP contribution in [0.25, 0.3) is 0 Å². The minimum atomic E-state index is -3.00. The molecule has 1 heterocycles. The molecule has 0 unspecified atom stereocenters. The summed E-state index contributed by atoms with van der Waals surface area (Å²) in [6.07, 6.45) is 0. The van der Waals surface area contributed by atoms with Gasteiger partial charge in [0.15, 0.2) is 0 Å². The molecule has 0 saturated heterocycles. The molecule has 0 aliphatic carbocycles. The lowest BCUT2D eigenvalue weighted by Crippen LogP contribution is -2.44. The van der Waals surface area contributed by atoms with Crippen LogP contribution in [-0.2, 0) is 4.79 Å². The fraction of sp³-hybridized carbons (Fsp3) is 0.500. The fourth-order valence-corrected chi connectivity index (χ4v) is 2.39. The first-order valence-corrected chi connectivity index (χ1v) is 6.61. The smallest absolute Gasteiger partial charge is 0.387 e. The molecule has 0 fully saturated rings. The van der Waals surface area contributed by atoms with Crippen LogP contribution < -0.4 is 10.1 Å². The highest BCUT2D eigenvalue weighted by atomic mass is 32.1. The largest absolute Gasteiger partial charge is 0.433 e. The van der Waals surface area contributed by atoms with Crippen molar-refractivity contribution in [3.05, 3.63) is 15.8 Å². The second-order valence-electron chi connectivity index (χ2n) is 4.36. The van der Waals surface area contributed by atoms with Gasteiger partial charge in [0, 0.05) is 19.0 Å². The van der Waals surface area contributed by atoms with Gasteiger partial charge in [0.2, 0.25) is 5.91 Å². The predicted octanol–water partition coefficient (Wildman–Crippen LogP) is 1.86. The molecule has 2 amide bonds. The van der Waals surface area contributed by atoms with E-state index in [1.807, 2.05) is 0 Å². The SMILES string of the molecule is Cc1cc(OC(F)F)c(C(=O)N[C@H](C)C(=O)N(C)C)s1. The molecular formula is C12H16F2N2O3S. The number of likely N-dealkylation sites (N-methyl/N-ethyl adjacent to an activating group) is 1. The van der Waals surface area contributed by atoms with Crippen LogP contribution in [0.3, 0.4) is 0 Å². The number of nitrogens with one attached hydrogen (secondary N) is 1. The molecule has 0 aliphatic heterocycles. The van der Waals surface area contributed by atoms with Crippen molar-refractivity contribution >= 4 is 23.2 Å². The highest BCUT2D eigenvalue weighted by molar-refractivity contribution is 7.14. The average molecular weight is 306 g/mol.